The van der Waals surface area contributed by atoms with Crippen LogP contribution in [0.15, 0.2) is 29.2 Å². The first kappa shape index (κ1) is 19.5. The van der Waals surface area contributed by atoms with E-state index in [0.29, 0.717) is 36.3 Å². The number of carbonyl (C=O) groups excluding carboxylic acids is 3. The van der Waals surface area contributed by atoms with Gasteiger partial charge in [0.05, 0.1) is 11.5 Å². The molecule has 0 aromatic heterocycles. The number of benzene rings is 1. The van der Waals surface area contributed by atoms with Crippen LogP contribution >= 0.6 is 11.8 Å². The van der Waals surface area contributed by atoms with Gasteiger partial charge in [-0.15, -0.1) is 0 Å². The van der Waals surface area contributed by atoms with Gasteiger partial charge in [-0.3, -0.25) is 19.3 Å². The van der Waals surface area contributed by atoms with Crippen LogP contribution in [-0.4, -0.2) is 53.1 Å². The monoisotopic (exact) mass is 388 g/mol. The van der Waals surface area contributed by atoms with Gasteiger partial charge in [-0.2, -0.15) is 0 Å². The number of hydrogen-bond donors (Lipinski definition) is 0. The highest BCUT2D eigenvalue weighted by Gasteiger charge is 2.37. The quantitative estimate of drug-likeness (QED) is 0.724. The van der Waals surface area contributed by atoms with E-state index in [1.165, 1.54) is 0 Å². The first-order chi connectivity index (χ1) is 13.0. The Morgan fingerprint density at radius 1 is 1.26 bits per heavy atom. The zero-order valence-electron chi connectivity index (χ0n) is 15.6. The predicted octanol–water partition coefficient (Wildman–Crippen LogP) is 3.38. The molecule has 0 unspecified atom stereocenters. The number of thioether (sulfide) groups is 1. The van der Waals surface area contributed by atoms with Gasteiger partial charge in [0, 0.05) is 18.7 Å². The standard InChI is InChI=1S/C20H24N2O4S/c1-3-26-16-7-5-4-6-15(16)12-17-19(24)22(20(25)27-17)13-18(23)21-10-8-14(2)9-11-21/h4-7,12,14H,3,8-11,13H2,1-2H3/b17-12+. The molecular weight excluding hydrogens is 364 g/mol. The summed E-state index contributed by atoms with van der Waals surface area (Å²) in [5, 5.41) is -0.404. The van der Waals surface area contributed by atoms with E-state index in [1.54, 1.807) is 11.0 Å². The number of nitrogens with zero attached hydrogens (tertiary/aromatic N) is 2. The maximum absolute atomic E-state index is 12.7. The summed E-state index contributed by atoms with van der Waals surface area (Å²) in [6, 6.07) is 7.35. The molecule has 1 aromatic carbocycles. The molecule has 7 heteroatoms. The third-order valence-electron chi connectivity index (χ3n) is 4.81. The molecule has 2 aliphatic rings. The summed E-state index contributed by atoms with van der Waals surface area (Å²) in [5.74, 6) is 0.681. The lowest BCUT2D eigenvalue weighted by atomic mass is 9.99. The third kappa shape index (κ3) is 4.53. The van der Waals surface area contributed by atoms with Crippen LogP contribution in [0.5, 0.6) is 5.75 Å². The Balaban J connectivity index is 1.71. The number of imide groups is 1. The highest BCUT2D eigenvalue weighted by atomic mass is 32.2. The summed E-state index contributed by atoms with van der Waals surface area (Å²) >= 11 is 0.865. The van der Waals surface area contributed by atoms with Crippen LogP contribution in [0.2, 0.25) is 0 Å². The topological polar surface area (TPSA) is 66.9 Å². The number of para-hydroxylation sites is 1. The minimum atomic E-state index is -0.421. The highest BCUT2D eigenvalue weighted by molar-refractivity contribution is 8.18. The van der Waals surface area contributed by atoms with Gasteiger partial charge in [-0.25, -0.2) is 0 Å². The van der Waals surface area contributed by atoms with Gasteiger partial charge >= 0.3 is 0 Å². The molecule has 0 atom stereocenters. The van der Waals surface area contributed by atoms with Crippen LogP contribution < -0.4 is 4.74 Å². The number of piperidine rings is 1. The number of ether oxygens (including phenoxy) is 1. The van der Waals surface area contributed by atoms with Crippen molar-refractivity contribution in [2.24, 2.45) is 5.92 Å². The van der Waals surface area contributed by atoms with Crippen molar-refractivity contribution in [2.45, 2.75) is 26.7 Å². The third-order valence-corrected chi connectivity index (χ3v) is 5.72. The van der Waals surface area contributed by atoms with Crippen molar-refractivity contribution in [2.75, 3.05) is 26.2 Å². The lowest BCUT2D eigenvalue weighted by Crippen LogP contribution is -2.45. The molecule has 2 fully saturated rings. The van der Waals surface area contributed by atoms with Crippen molar-refractivity contribution in [3.8, 4) is 5.75 Å². The molecule has 144 valence electrons. The summed E-state index contributed by atoms with van der Waals surface area (Å²) in [4.78, 5) is 40.5. The lowest BCUT2D eigenvalue weighted by Gasteiger charge is -2.31. The fourth-order valence-electron chi connectivity index (χ4n) is 3.16. The molecule has 2 aliphatic heterocycles. The van der Waals surface area contributed by atoms with Gasteiger partial charge in [0.25, 0.3) is 11.1 Å². The number of amides is 3. The van der Waals surface area contributed by atoms with Crippen molar-refractivity contribution in [1.29, 1.82) is 0 Å². The average Bonchev–Trinajstić information content (AvgIpc) is 2.91. The second-order valence-corrected chi connectivity index (χ2v) is 7.80. The molecular formula is C20H24N2O4S. The molecule has 0 bridgehead atoms. The van der Waals surface area contributed by atoms with Gasteiger partial charge in [-0.1, -0.05) is 25.1 Å². The Labute approximate surface area is 163 Å². The van der Waals surface area contributed by atoms with Gasteiger partial charge in [-0.05, 0) is 49.6 Å². The van der Waals surface area contributed by atoms with Crippen molar-refractivity contribution < 1.29 is 19.1 Å². The number of hydrogen-bond acceptors (Lipinski definition) is 5. The summed E-state index contributed by atoms with van der Waals surface area (Å²) in [7, 11) is 0. The zero-order valence-corrected chi connectivity index (χ0v) is 16.5. The second-order valence-electron chi connectivity index (χ2n) is 6.80. The molecule has 0 spiro atoms. The molecule has 0 N–H and O–H groups in total. The summed E-state index contributed by atoms with van der Waals surface area (Å²) in [6.07, 6.45) is 3.58. The van der Waals surface area contributed by atoms with Gasteiger partial charge in [0.2, 0.25) is 5.91 Å². The fourth-order valence-corrected chi connectivity index (χ4v) is 3.99. The molecule has 3 amide bonds. The largest absolute Gasteiger partial charge is 0.493 e. The SMILES string of the molecule is CCOc1ccccc1/C=C1/SC(=O)N(CC(=O)N2CCC(C)CC2)C1=O. The van der Waals surface area contributed by atoms with Gasteiger partial charge < -0.3 is 9.64 Å². The Bertz CT molecular complexity index is 769. The Morgan fingerprint density at radius 3 is 2.67 bits per heavy atom. The smallest absolute Gasteiger partial charge is 0.294 e. The van der Waals surface area contributed by atoms with Crippen molar-refractivity contribution in [3.05, 3.63) is 34.7 Å². The van der Waals surface area contributed by atoms with Crippen LogP contribution in [0.3, 0.4) is 0 Å². The molecule has 0 saturated carbocycles. The maximum atomic E-state index is 12.7. The second kappa shape index (κ2) is 8.61. The van der Waals surface area contributed by atoms with Crippen LogP contribution in [0.4, 0.5) is 4.79 Å². The van der Waals surface area contributed by atoms with Crippen LogP contribution in [0, 0.1) is 5.92 Å². The first-order valence-electron chi connectivity index (χ1n) is 9.24. The van der Waals surface area contributed by atoms with Gasteiger partial charge in [0.15, 0.2) is 0 Å². The molecule has 6 nitrogen and oxygen atoms in total. The van der Waals surface area contributed by atoms with E-state index in [-0.39, 0.29) is 12.5 Å². The molecule has 0 aliphatic carbocycles. The fraction of sp³-hybridized carbons (Fsp3) is 0.450. The van der Waals surface area contributed by atoms with E-state index in [2.05, 4.69) is 6.92 Å². The maximum Gasteiger partial charge on any atom is 0.294 e. The van der Waals surface area contributed by atoms with Crippen molar-refractivity contribution in [3.63, 3.8) is 0 Å². The normalized spacial score (nSPS) is 19.9. The van der Waals surface area contributed by atoms with Crippen LogP contribution in [0.25, 0.3) is 6.08 Å². The predicted molar refractivity (Wildman–Crippen MR) is 105 cm³/mol. The van der Waals surface area contributed by atoms with Crippen molar-refractivity contribution in [1.82, 2.24) is 9.80 Å². The summed E-state index contributed by atoms with van der Waals surface area (Å²) in [6.45, 7) is 5.75. The lowest BCUT2D eigenvalue weighted by molar-refractivity contribution is -0.136. The van der Waals surface area contributed by atoms with E-state index >= 15 is 0 Å². The van der Waals surface area contributed by atoms with E-state index in [9.17, 15) is 14.4 Å². The van der Waals surface area contributed by atoms with Crippen LogP contribution in [0.1, 0.15) is 32.3 Å². The molecule has 2 saturated heterocycles. The number of carbonyl (C=O) groups is 3. The highest BCUT2D eigenvalue weighted by Crippen LogP contribution is 2.34. The summed E-state index contributed by atoms with van der Waals surface area (Å²) < 4.78 is 5.56. The Kier molecular flexibility index (Phi) is 6.21. The van der Waals surface area contributed by atoms with E-state index in [4.69, 9.17) is 4.74 Å². The van der Waals surface area contributed by atoms with Crippen molar-refractivity contribution >= 4 is 34.9 Å². The zero-order chi connectivity index (χ0) is 19.4. The molecule has 2 heterocycles. The molecule has 1 aromatic rings. The minimum Gasteiger partial charge on any atom is -0.493 e. The first-order valence-corrected chi connectivity index (χ1v) is 10.1. The van der Waals surface area contributed by atoms with E-state index in [0.717, 1.165) is 35.1 Å². The molecule has 3 rings (SSSR count). The average molecular weight is 388 g/mol. The Hall–Kier alpha value is -2.28. The minimum absolute atomic E-state index is 0.167. The van der Waals surface area contributed by atoms with Gasteiger partial charge in [0.1, 0.15) is 12.3 Å². The molecule has 0 radical (unpaired) electrons. The Morgan fingerprint density at radius 2 is 1.96 bits per heavy atom. The van der Waals surface area contributed by atoms with Crippen LogP contribution in [-0.2, 0) is 9.59 Å². The van der Waals surface area contributed by atoms with E-state index in [1.807, 2.05) is 31.2 Å². The number of likely N-dealkylation sites (tertiary alicyclic amines) is 1. The van der Waals surface area contributed by atoms with E-state index < -0.39 is 11.1 Å². The molecule has 27 heavy (non-hydrogen) atoms. The summed E-state index contributed by atoms with van der Waals surface area (Å²) in [5.41, 5.74) is 0.737. The number of rotatable bonds is 5.